The maximum absolute atomic E-state index is 12.6. The van der Waals surface area contributed by atoms with Crippen LogP contribution in [0.5, 0.6) is 0 Å². The fraction of sp³-hybridized carbons (Fsp3) is 0.200. The third-order valence-electron chi connectivity index (χ3n) is 3.88. The van der Waals surface area contributed by atoms with E-state index in [1.807, 2.05) is 36.1 Å². The second-order valence-corrected chi connectivity index (χ2v) is 5.14. The summed E-state index contributed by atoms with van der Waals surface area (Å²) in [7, 11) is 0. The number of para-hydroxylation sites is 1. The fourth-order valence-electron chi connectivity index (χ4n) is 2.81. The van der Waals surface area contributed by atoms with Crippen LogP contribution >= 0.6 is 0 Å². The van der Waals surface area contributed by atoms with Gasteiger partial charge < -0.3 is 9.88 Å². The number of H-pyrrole nitrogens is 1. The van der Waals surface area contributed by atoms with Gasteiger partial charge in [0.1, 0.15) is 0 Å². The Balaban J connectivity index is 1.71. The van der Waals surface area contributed by atoms with Crippen LogP contribution in [-0.2, 0) is 13.1 Å². The molecule has 2 aromatic heterocycles. The zero-order valence-electron chi connectivity index (χ0n) is 11.1. The van der Waals surface area contributed by atoms with Crippen molar-refractivity contribution in [3.63, 3.8) is 0 Å². The van der Waals surface area contributed by atoms with Gasteiger partial charge >= 0.3 is 6.03 Å². The first-order chi connectivity index (χ1) is 9.74. The van der Waals surface area contributed by atoms with Gasteiger partial charge in [-0.2, -0.15) is 0 Å². The van der Waals surface area contributed by atoms with E-state index in [-0.39, 0.29) is 6.03 Å². The van der Waals surface area contributed by atoms with Crippen LogP contribution in [0.4, 0.5) is 4.79 Å². The van der Waals surface area contributed by atoms with Gasteiger partial charge in [0.05, 0.1) is 30.6 Å². The maximum atomic E-state index is 12.6. The summed E-state index contributed by atoms with van der Waals surface area (Å²) in [5.41, 5.74) is 3.96. The number of nitrogens with one attached hydrogen (secondary N) is 1. The number of hydrogen-bond acceptors (Lipinski definition) is 2. The van der Waals surface area contributed by atoms with Crippen molar-refractivity contribution < 1.29 is 4.79 Å². The van der Waals surface area contributed by atoms with Gasteiger partial charge in [-0.3, -0.25) is 4.57 Å². The highest BCUT2D eigenvalue weighted by Crippen LogP contribution is 2.27. The van der Waals surface area contributed by atoms with Gasteiger partial charge in [0.15, 0.2) is 0 Å². The van der Waals surface area contributed by atoms with Crippen LogP contribution in [0.25, 0.3) is 10.9 Å². The van der Waals surface area contributed by atoms with Gasteiger partial charge in [-0.15, -0.1) is 0 Å². The Labute approximate surface area is 115 Å². The molecule has 1 aliphatic heterocycles. The standard InChI is InChI=1S/C15H14N4O/c1-10-13(17-9-16-10)8-18-7-12-6-11-4-2-3-5-14(11)19(12)15(18)20/h2-6,9H,7-8H2,1H3,(H,16,17). The van der Waals surface area contributed by atoms with Crippen molar-refractivity contribution in [2.24, 2.45) is 0 Å². The van der Waals surface area contributed by atoms with Crippen LogP contribution in [0, 0.1) is 6.92 Å². The molecule has 5 heteroatoms. The summed E-state index contributed by atoms with van der Waals surface area (Å²) in [6, 6.07) is 10.1. The molecule has 4 rings (SSSR count). The van der Waals surface area contributed by atoms with Crippen molar-refractivity contribution >= 4 is 16.9 Å². The van der Waals surface area contributed by atoms with Crippen molar-refractivity contribution in [3.8, 4) is 0 Å². The highest BCUT2D eigenvalue weighted by atomic mass is 16.2. The summed E-state index contributed by atoms with van der Waals surface area (Å²) in [5, 5.41) is 1.12. The number of aromatic amines is 1. The third-order valence-corrected chi connectivity index (χ3v) is 3.88. The van der Waals surface area contributed by atoms with Crippen molar-refractivity contribution in [2.45, 2.75) is 20.0 Å². The number of carbonyl (C=O) groups excluding carboxylic acids is 1. The van der Waals surface area contributed by atoms with E-state index in [0.717, 1.165) is 28.0 Å². The van der Waals surface area contributed by atoms with E-state index in [2.05, 4.69) is 16.0 Å². The second kappa shape index (κ2) is 3.96. The average Bonchev–Trinajstić information content (AvgIpc) is 3.08. The van der Waals surface area contributed by atoms with Crippen molar-refractivity contribution in [3.05, 3.63) is 53.7 Å². The Morgan fingerprint density at radius 1 is 1.35 bits per heavy atom. The molecule has 0 unspecified atom stereocenters. The van der Waals surface area contributed by atoms with Gasteiger partial charge in [-0.25, -0.2) is 9.78 Å². The third kappa shape index (κ3) is 1.49. The van der Waals surface area contributed by atoms with Crippen molar-refractivity contribution in [1.29, 1.82) is 0 Å². The van der Waals surface area contributed by atoms with Crippen LogP contribution in [-0.4, -0.2) is 25.5 Å². The molecule has 0 saturated heterocycles. The normalized spacial score (nSPS) is 14.2. The SMILES string of the molecule is Cc1[nH]cnc1CN1Cc2cc3ccccc3n2C1=O. The zero-order chi connectivity index (χ0) is 13.7. The van der Waals surface area contributed by atoms with Gasteiger partial charge in [0, 0.05) is 16.8 Å². The van der Waals surface area contributed by atoms with Crippen molar-refractivity contribution in [2.75, 3.05) is 0 Å². The summed E-state index contributed by atoms with van der Waals surface area (Å²) in [6.07, 6.45) is 1.67. The first-order valence-corrected chi connectivity index (χ1v) is 6.61. The molecular weight excluding hydrogens is 252 g/mol. The number of amides is 1. The highest BCUT2D eigenvalue weighted by Gasteiger charge is 2.29. The van der Waals surface area contributed by atoms with Gasteiger partial charge in [-0.05, 0) is 19.1 Å². The number of carbonyl (C=O) groups is 1. The smallest absolute Gasteiger partial charge is 0.329 e. The Morgan fingerprint density at radius 2 is 2.20 bits per heavy atom. The quantitative estimate of drug-likeness (QED) is 0.775. The van der Waals surface area contributed by atoms with Crippen LogP contribution in [0.3, 0.4) is 0 Å². The molecule has 3 aromatic rings. The minimum Gasteiger partial charge on any atom is -0.348 e. The Hall–Kier alpha value is -2.56. The molecule has 3 heterocycles. The lowest BCUT2D eigenvalue weighted by Crippen LogP contribution is -2.26. The number of rotatable bonds is 2. The molecule has 20 heavy (non-hydrogen) atoms. The summed E-state index contributed by atoms with van der Waals surface area (Å²) in [4.78, 5) is 21.7. The van der Waals surface area contributed by atoms with Gasteiger partial charge in [0.2, 0.25) is 0 Å². The van der Waals surface area contributed by atoms with E-state index in [1.54, 1.807) is 10.9 Å². The molecule has 0 spiro atoms. The van der Waals surface area contributed by atoms with Crippen LogP contribution in [0.1, 0.15) is 17.1 Å². The molecule has 0 radical (unpaired) electrons. The minimum atomic E-state index is 0.0311. The van der Waals surface area contributed by atoms with Crippen LogP contribution in [0.15, 0.2) is 36.7 Å². The Kier molecular flexibility index (Phi) is 2.24. The monoisotopic (exact) mass is 266 g/mol. The predicted octanol–water partition coefficient (Wildman–Crippen LogP) is 2.66. The van der Waals surface area contributed by atoms with Crippen LogP contribution in [0.2, 0.25) is 0 Å². The lowest BCUT2D eigenvalue weighted by molar-refractivity contribution is 0.207. The predicted molar refractivity (Wildman–Crippen MR) is 75.3 cm³/mol. The van der Waals surface area contributed by atoms with Gasteiger partial charge in [-0.1, -0.05) is 18.2 Å². The summed E-state index contributed by atoms with van der Waals surface area (Å²) >= 11 is 0. The highest BCUT2D eigenvalue weighted by molar-refractivity contribution is 5.94. The minimum absolute atomic E-state index is 0.0311. The molecule has 1 amide bonds. The molecule has 100 valence electrons. The molecule has 1 N–H and O–H groups in total. The molecule has 0 saturated carbocycles. The molecule has 1 aromatic carbocycles. The van der Waals surface area contributed by atoms with Crippen molar-refractivity contribution in [1.82, 2.24) is 19.4 Å². The molecule has 0 bridgehead atoms. The molecule has 0 atom stereocenters. The lowest BCUT2D eigenvalue weighted by atomic mass is 10.2. The molecule has 0 fully saturated rings. The summed E-state index contributed by atoms with van der Waals surface area (Å²) < 4.78 is 1.80. The maximum Gasteiger partial charge on any atom is 0.329 e. The number of benzene rings is 1. The van der Waals surface area contributed by atoms with E-state index in [4.69, 9.17) is 0 Å². The molecule has 1 aliphatic rings. The summed E-state index contributed by atoms with van der Waals surface area (Å²) in [5.74, 6) is 0. The van der Waals surface area contributed by atoms with Gasteiger partial charge in [0.25, 0.3) is 0 Å². The first kappa shape index (κ1) is 11.3. The Bertz CT molecular complexity index is 814. The topological polar surface area (TPSA) is 53.9 Å². The second-order valence-electron chi connectivity index (χ2n) is 5.14. The Morgan fingerprint density at radius 3 is 3.00 bits per heavy atom. The van der Waals surface area contributed by atoms with E-state index in [0.29, 0.717) is 13.1 Å². The van der Waals surface area contributed by atoms with E-state index in [9.17, 15) is 4.79 Å². The largest absolute Gasteiger partial charge is 0.348 e. The number of aryl methyl sites for hydroxylation is 1. The van der Waals surface area contributed by atoms with E-state index < -0.39 is 0 Å². The number of nitrogens with zero attached hydrogens (tertiary/aromatic N) is 3. The number of hydrogen-bond donors (Lipinski definition) is 1. The van der Waals surface area contributed by atoms with E-state index in [1.165, 1.54) is 0 Å². The fourth-order valence-corrected chi connectivity index (χ4v) is 2.81. The zero-order valence-corrected chi connectivity index (χ0v) is 11.1. The first-order valence-electron chi connectivity index (χ1n) is 6.61. The van der Waals surface area contributed by atoms with E-state index >= 15 is 0 Å². The molecule has 5 nitrogen and oxygen atoms in total. The number of aromatic nitrogens is 3. The lowest BCUT2D eigenvalue weighted by Gasteiger charge is -2.14. The average molecular weight is 266 g/mol. The van der Waals surface area contributed by atoms with Crippen LogP contribution < -0.4 is 0 Å². The number of imidazole rings is 1. The molecular formula is C15H14N4O. The number of fused-ring (bicyclic) bond motifs is 3. The molecule has 0 aliphatic carbocycles. The summed E-state index contributed by atoms with van der Waals surface area (Å²) in [6.45, 7) is 3.16.